The van der Waals surface area contributed by atoms with E-state index in [1.165, 1.54) is 38.5 Å². The topological polar surface area (TPSA) is 102 Å². The van der Waals surface area contributed by atoms with Gasteiger partial charge in [0.15, 0.2) is 0 Å². The van der Waals surface area contributed by atoms with Gasteiger partial charge in [0.2, 0.25) is 5.91 Å². The minimum absolute atomic E-state index is 0. The summed E-state index contributed by atoms with van der Waals surface area (Å²) < 4.78 is 0. The zero-order valence-electron chi connectivity index (χ0n) is 20.5. The first-order chi connectivity index (χ1) is 14.5. The molecule has 1 aliphatic heterocycles. The van der Waals surface area contributed by atoms with E-state index in [4.69, 9.17) is 5.11 Å². The van der Waals surface area contributed by atoms with E-state index in [-0.39, 0.29) is 35.5 Å². The van der Waals surface area contributed by atoms with Crippen molar-refractivity contribution in [1.82, 2.24) is 5.32 Å². The normalized spacial score (nSPS) is 25.5. The van der Waals surface area contributed by atoms with Crippen molar-refractivity contribution in [3.05, 3.63) is 0 Å². The Morgan fingerprint density at radius 3 is 1.81 bits per heavy atom. The van der Waals surface area contributed by atoms with Crippen LogP contribution >= 0.6 is 0 Å². The number of amides is 2. The Kier molecular flexibility index (Phi) is 16.0. The predicted octanol–water partition coefficient (Wildman–Crippen LogP) is 0.951. The molecular formula is C24H43N2NaO4. The molecule has 2 unspecified atom stereocenters. The van der Waals surface area contributed by atoms with Crippen LogP contribution in [0, 0.1) is 23.2 Å². The number of nitrogens with one attached hydrogen (secondary N) is 1. The van der Waals surface area contributed by atoms with Crippen molar-refractivity contribution in [3.8, 4) is 0 Å². The molecule has 0 aromatic heterocycles. The molecule has 0 aromatic rings. The zero-order chi connectivity index (χ0) is 22.6. The van der Waals surface area contributed by atoms with E-state index in [9.17, 15) is 14.7 Å². The summed E-state index contributed by atoms with van der Waals surface area (Å²) in [5.74, 6) is 1.08. The van der Waals surface area contributed by atoms with Gasteiger partial charge in [0, 0.05) is 7.11 Å². The SMILES string of the molecule is C1CCC(C2CCCCC2)CC1.CCCC(C)C1(CC)C(=O)N=C([O-])NC1=O.CO.[Na+]. The fourth-order valence-electron chi connectivity index (χ4n) is 5.51. The third kappa shape index (κ3) is 8.45. The van der Waals surface area contributed by atoms with Crippen LogP contribution in [-0.4, -0.2) is 30.1 Å². The van der Waals surface area contributed by atoms with Crippen LogP contribution in [-0.2, 0) is 9.59 Å². The van der Waals surface area contributed by atoms with Gasteiger partial charge in [0.25, 0.3) is 5.91 Å². The predicted molar refractivity (Wildman–Crippen MR) is 119 cm³/mol. The molecule has 0 aromatic carbocycles. The van der Waals surface area contributed by atoms with Crippen molar-refractivity contribution in [1.29, 1.82) is 0 Å². The molecule has 2 amide bonds. The molecule has 3 aliphatic rings. The van der Waals surface area contributed by atoms with Crippen LogP contribution in [0.1, 0.15) is 104 Å². The Balaban J connectivity index is 0.000000536. The molecule has 0 bridgehead atoms. The summed E-state index contributed by atoms with van der Waals surface area (Å²) in [5.41, 5.74) is -1.15. The van der Waals surface area contributed by atoms with Crippen LogP contribution < -0.4 is 40.0 Å². The minimum Gasteiger partial charge on any atom is -0.846 e. The summed E-state index contributed by atoms with van der Waals surface area (Å²) in [6.45, 7) is 5.62. The molecule has 3 rings (SSSR count). The molecule has 2 atom stereocenters. The molecule has 2 aliphatic carbocycles. The second-order valence-corrected chi connectivity index (χ2v) is 8.99. The maximum atomic E-state index is 11.9. The molecule has 174 valence electrons. The standard InChI is InChI=1S/C12H22.C11H18N2O3.CH4O.Na/c1-3-7-11(8-4-1)12-9-5-2-6-10-12;1-4-6-7(3)11(5-2)8(14)12-10(16)13-9(11)15;1-2;/h11-12H,1-10H2;7H,4-6H2,1-3H3,(H2,12,13,14,15,16);2H,1H3;/q;;;+1/p-1. The number of aliphatic hydroxyl groups is 1. The van der Waals surface area contributed by atoms with Crippen molar-refractivity contribution in [2.45, 2.75) is 104 Å². The van der Waals surface area contributed by atoms with Crippen molar-refractivity contribution in [2.24, 2.45) is 28.2 Å². The molecule has 6 nitrogen and oxygen atoms in total. The molecule has 7 heteroatoms. The molecule has 0 spiro atoms. The van der Waals surface area contributed by atoms with E-state index < -0.39 is 23.3 Å². The first kappa shape index (κ1) is 30.6. The second kappa shape index (κ2) is 16.2. The number of carbonyl (C=O) groups excluding carboxylic acids is 2. The third-order valence-corrected chi connectivity index (χ3v) is 7.30. The summed E-state index contributed by atoms with van der Waals surface area (Å²) in [5, 5.41) is 20.1. The Morgan fingerprint density at radius 1 is 1.00 bits per heavy atom. The number of aliphatic imine (C=N–C) groups is 1. The van der Waals surface area contributed by atoms with Gasteiger partial charge in [-0.3, -0.25) is 9.59 Å². The van der Waals surface area contributed by atoms with Crippen LogP contribution in [0.25, 0.3) is 0 Å². The van der Waals surface area contributed by atoms with Crippen LogP contribution in [0.2, 0.25) is 0 Å². The molecule has 1 heterocycles. The van der Waals surface area contributed by atoms with E-state index in [1.807, 2.05) is 13.8 Å². The van der Waals surface area contributed by atoms with Crippen LogP contribution in [0.15, 0.2) is 4.99 Å². The molecule has 2 fully saturated rings. The first-order valence-electron chi connectivity index (χ1n) is 12.0. The van der Waals surface area contributed by atoms with Crippen molar-refractivity contribution in [2.75, 3.05) is 7.11 Å². The van der Waals surface area contributed by atoms with E-state index in [2.05, 4.69) is 10.3 Å². The Morgan fingerprint density at radius 2 is 1.45 bits per heavy atom. The Labute approximate surface area is 211 Å². The smallest absolute Gasteiger partial charge is 0.846 e. The second-order valence-electron chi connectivity index (χ2n) is 8.99. The number of carbonyl (C=O) groups is 2. The Hall–Kier alpha value is -0.430. The number of aliphatic hydroxyl groups excluding tert-OH is 1. The number of hydrogen-bond donors (Lipinski definition) is 2. The molecule has 2 N–H and O–H groups in total. The van der Waals surface area contributed by atoms with Crippen LogP contribution in [0.3, 0.4) is 0 Å². The average Bonchev–Trinajstić information content (AvgIpc) is 2.77. The number of amidine groups is 1. The van der Waals surface area contributed by atoms with E-state index in [0.717, 1.165) is 31.8 Å². The summed E-state index contributed by atoms with van der Waals surface area (Å²) >= 11 is 0. The van der Waals surface area contributed by atoms with Crippen molar-refractivity contribution in [3.63, 3.8) is 0 Å². The van der Waals surface area contributed by atoms with E-state index in [1.54, 1.807) is 32.6 Å². The molecule has 31 heavy (non-hydrogen) atoms. The maximum Gasteiger partial charge on any atom is 1.00 e. The van der Waals surface area contributed by atoms with E-state index in [0.29, 0.717) is 6.42 Å². The van der Waals surface area contributed by atoms with Gasteiger partial charge in [0.05, 0.1) is 6.02 Å². The molecule has 2 saturated carbocycles. The van der Waals surface area contributed by atoms with Gasteiger partial charge >= 0.3 is 29.6 Å². The van der Waals surface area contributed by atoms with Crippen LogP contribution in [0.4, 0.5) is 0 Å². The Bertz CT molecular complexity index is 542. The van der Waals surface area contributed by atoms with Crippen molar-refractivity contribution < 1.29 is 49.4 Å². The third-order valence-electron chi connectivity index (χ3n) is 7.30. The number of nitrogens with zero attached hydrogens (tertiary/aromatic N) is 1. The van der Waals surface area contributed by atoms with Crippen LogP contribution in [0.5, 0.6) is 0 Å². The monoisotopic (exact) mass is 446 g/mol. The molecular weight excluding hydrogens is 403 g/mol. The average molecular weight is 447 g/mol. The quantitative estimate of drug-likeness (QED) is 0.485. The number of hydrogen-bond acceptors (Lipinski definition) is 4. The van der Waals surface area contributed by atoms with Gasteiger partial charge in [-0.1, -0.05) is 91.4 Å². The minimum atomic E-state index is -1.15. The largest absolute Gasteiger partial charge is 1.00 e. The summed E-state index contributed by atoms with van der Waals surface area (Å²) in [6, 6.07) is -0.845. The fraction of sp³-hybridized carbons (Fsp3) is 0.875. The van der Waals surface area contributed by atoms with Gasteiger partial charge in [0.1, 0.15) is 5.41 Å². The van der Waals surface area contributed by atoms with Gasteiger partial charge in [-0.25, -0.2) is 4.99 Å². The van der Waals surface area contributed by atoms with Gasteiger partial charge < -0.3 is 15.5 Å². The number of rotatable bonds is 5. The molecule has 0 saturated heterocycles. The summed E-state index contributed by atoms with van der Waals surface area (Å²) in [7, 11) is 1.00. The first-order valence-corrected chi connectivity index (χ1v) is 12.0. The molecule has 0 radical (unpaired) electrons. The van der Waals surface area contributed by atoms with E-state index >= 15 is 0 Å². The van der Waals surface area contributed by atoms with Gasteiger partial charge in [-0.2, -0.15) is 0 Å². The summed E-state index contributed by atoms with van der Waals surface area (Å²) in [6.07, 6.45) is 17.4. The van der Waals surface area contributed by atoms with Gasteiger partial charge in [-0.05, 0) is 30.6 Å². The zero-order valence-corrected chi connectivity index (χ0v) is 22.5. The maximum absolute atomic E-state index is 11.9. The summed E-state index contributed by atoms with van der Waals surface area (Å²) in [4.78, 5) is 27.1. The van der Waals surface area contributed by atoms with Gasteiger partial charge in [-0.15, -0.1) is 0 Å². The van der Waals surface area contributed by atoms with Crippen molar-refractivity contribution >= 4 is 17.8 Å². The fourth-order valence-corrected chi connectivity index (χ4v) is 5.51.